The minimum Gasteiger partial charge on any atom is -0.259 e. The van der Waals surface area contributed by atoms with Crippen molar-refractivity contribution in [1.82, 2.24) is 9.78 Å². The Labute approximate surface area is 84.5 Å². The standard InChI is InChI=1S/C12H16N2/c1-9-10-7-5-6-8-11(10)14(13-9)12(2,3)4/h5-8H,1-4H3. The fourth-order valence-electron chi connectivity index (χ4n) is 1.73. The van der Waals surface area contributed by atoms with Gasteiger partial charge >= 0.3 is 0 Å². The quantitative estimate of drug-likeness (QED) is 0.621. The number of rotatable bonds is 0. The molecule has 74 valence electrons. The Morgan fingerprint density at radius 1 is 1.14 bits per heavy atom. The van der Waals surface area contributed by atoms with Crippen molar-refractivity contribution in [3.63, 3.8) is 0 Å². The van der Waals surface area contributed by atoms with Crippen LogP contribution >= 0.6 is 0 Å². The van der Waals surface area contributed by atoms with Crippen LogP contribution in [0.15, 0.2) is 24.3 Å². The van der Waals surface area contributed by atoms with Gasteiger partial charge in [0.05, 0.1) is 16.7 Å². The molecule has 0 aliphatic carbocycles. The van der Waals surface area contributed by atoms with Gasteiger partial charge in [-0.05, 0) is 33.8 Å². The lowest BCUT2D eigenvalue weighted by Crippen LogP contribution is -2.22. The molecular weight excluding hydrogens is 172 g/mol. The van der Waals surface area contributed by atoms with Gasteiger partial charge in [0.1, 0.15) is 0 Å². The SMILES string of the molecule is Cc1nn(C(C)(C)C)c2ccccc12. The van der Waals surface area contributed by atoms with Crippen LogP contribution in [-0.2, 0) is 5.54 Å². The Bertz CT molecular complexity index is 461. The second-order valence-corrected chi connectivity index (χ2v) is 4.69. The van der Waals surface area contributed by atoms with Gasteiger partial charge in [0, 0.05) is 5.39 Å². The maximum atomic E-state index is 4.58. The second-order valence-electron chi connectivity index (χ2n) is 4.69. The Balaban J connectivity index is 2.80. The molecule has 0 saturated carbocycles. The first-order valence-corrected chi connectivity index (χ1v) is 4.95. The number of hydrogen-bond donors (Lipinski definition) is 0. The monoisotopic (exact) mass is 188 g/mol. The van der Waals surface area contributed by atoms with Crippen molar-refractivity contribution in [1.29, 1.82) is 0 Å². The minimum atomic E-state index is 0.0495. The third-order valence-electron chi connectivity index (χ3n) is 2.41. The van der Waals surface area contributed by atoms with E-state index in [0.29, 0.717) is 0 Å². The molecule has 2 nitrogen and oxygen atoms in total. The van der Waals surface area contributed by atoms with Crippen molar-refractivity contribution in [3.05, 3.63) is 30.0 Å². The van der Waals surface area contributed by atoms with Crippen LogP contribution in [0.2, 0.25) is 0 Å². The smallest absolute Gasteiger partial charge is 0.0691 e. The number of aryl methyl sites for hydroxylation is 1. The summed E-state index contributed by atoms with van der Waals surface area (Å²) in [7, 11) is 0. The molecular formula is C12H16N2. The zero-order chi connectivity index (χ0) is 10.3. The van der Waals surface area contributed by atoms with Crippen molar-refractivity contribution in [2.45, 2.75) is 33.2 Å². The van der Waals surface area contributed by atoms with Gasteiger partial charge in [-0.25, -0.2) is 0 Å². The molecule has 0 atom stereocenters. The maximum absolute atomic E-state index is 4.58. The van der Waals surface area contributed by atoms with E-state index in [4.69, 9.17) is 0 Å². The summed E-state index contributed by atoms with van der Waals surface area (Å²) in [5.41, 5.74) is 2.38. The van der Waals surface area contributed by atoms with E-state index in [1.807, 2.05) is 0 Å². The molecule has 0 spiro atoms. The van der Waals surface area contributed by atoms with Gasteiger partial charge in [-0.3, -0.25) is 4.68 Å². The van der Waals surface area contributed by atoms with Crippen LogP contribution in [0.1, 0.15) is 26.5 Å². The van der Waals surface area contributed by atoms with E-state index in [0.717, 1.165) is 5.69 Å². The predicted octanol–water partition coefficient (Wildman–Crippen LogP) is 3.10. The van der Waals surface area contributed by atoms with Crippen LogP contribution in [0.5, 0.6) is 0 Å². The number of benzene rings is 1. The fourth-order valence-corrected chi connectivity index (χ4v) is 1.73. The summed E-state index contributed by atoms with van der Waals surface area (Å²) in [5, 5.41) is 5.83. The minimum absolute atomic E-state index is 0.0495. The van der Waals surface area contributed by atoms with Crippen molar-refractivity contribution in [2.24, 2.45) is 0 Å². The summed E-state index contributed by atoms with van der Waals surface area (Å²) in [6.45, 7) is 8.58. The normalized spacial score (nSPS) is 12.3. The van der Waals surface area contributed by atoms with Gasteiger partial charge in [0.15, 0.2) is 0 Å². The summed E-state index contributed by atoms with van der Waals surface area (Å²) in [6.07, 6.45) is 0. The van der Waals surface area contributed by atoms with E-state index in [2.05, 4.69) is 61.7 Å². The van der Waals surface area contributed by atoms with Gasteiger partial charge in [-0.2, -0.15) is 5.10 Å². The molecule has 2 rings (SSSR count). The summed E-state index contributed by atoms with van der Waals surface area (Å²) < 4.78 is 2.09. The van der Waals surface area contributed by atoms with Gasteiger partial charge in [-0.15, -0.1) is 0 Å². The fraction of sp³-hybridized carbons (Fsp3) is 0.417. The lowest BCUT2D eigenvalue weighted by Gasteiger charge is -2.20. The highest BCUT2D eigenvalue weighted by Gasteiger charge is 2.17. The van der Waals surface area contributed by atoms with Crippen molar-refractivity contribution in [2.75, 3.05) is 0 Å². The molecule has 0 aliphatic rings. The predicted molar refractivity (Wildman–Crippen MR) is 59.5 cm³/mol. The Morgan fingerprint density at radius 3 is 2.43 bits per heavy atom. The number of nitrogens with zero attached hydrogens (tertiary/aromatic N) is 2. The molecule has 1 aromatic carbocycles. The average molecular weight is 188 g/mol. The molecule has 0 unspecified atom stereocenters. The van der Waals surface area contributed by atoms with Crippen molar-refractivity contribution < 1.29 is 0 Å². The van der Waals surface area contributed by atoms with E-state index in [1.54, 1.807) is 0 Å². The number of aromatic nitrogens is 2. The van der Waals surface area contributed by atoms with Crippen LogP contribution in [0.25, 0.3) is 10.9 Å². The molecule has 0 fully saturated rings. The summed E-state index contributed by atoms with van der Waals surface area (Å²) in [6, 6.07) is 8.37. The van der Waals surface area contributed by atoms with Crippen LogP contribution in [-0.4, -0.2) is 9.78 Å². The molecule has 0 radical (unpaired) electrons. The lowest BCUT2D eigenvalue weighted by atomic mass is 10.1. The molecule has 2 heteroatoms. The maximum Gasteiger partial charge on any atom is 0.0691 e. The summed E-state index contributed by atoms with van der Waals surface area (Å²) >= 11 is 0. The first kappa shape index (κ1) is 9.25. The molecule has 0 saturated heterocycles. The molecule has 0 N–H and O–H groups in total. The van der Waals surface area contributed by atoms with E-state index in [9.17, 15) is 0 Å². The van der Waals surface area contributed by atoms with Crippen LogP contribution < -0.4 is 0 Å². The summed E-state index contributed by atoms with van der Waals surface area (Å²) in [4.78, 5) is 0. The highest BCUT2D eigenvalue weighted by Crippen LogP contribution is 2.23. The molecule has 0 bridgehead atoms. The molecule has 0 aliphatic heterocycles. The number of fused-ring (bicyclic) bond motifs is 1. The third kappa shape index (κ3) is 1.31. The number of hydrogen-bond acceptors (Lipinski definition) is 1. The molecule has 1 heterocycles. The van der Waals surface area contributed by atoms with Crippen LogP contribution in [0.4, 0.5) is 0 Å². The highest BCUT2D eigenvalue weighted by molar-refractivity contribution is 5.81. The zero-order valence-corrected chi connectivity index (χ0v) is 9.20. The number of para-hydroxylation sites is 1. The van der Waals surface area contributed by atoms with Gasteiger partial charge in [0.25, 0.3) is 0 Å². The second kappa shape index (κ2) is 2.84. The van der Waals surface area contributed by atoms with E-state index in [-0.39, 0.29) is 5.54 Å². The van der Waals surface area contributed by atoms with E-state index < -0.39 is 0 Å². The largest absolute Gasteiger partial charge is 0.259 e. The Kier molecular flexibility index (Phi) is 1.88. The molecule has 1 aromatic heterocycles. The van der Waals surface area contributed by atoms with Crippen LogP contribution in [0.3, 0.4) is 0 Å². The average Bonchev–Trinajstić information content (AvgIpc) is 2.44. The van der Waals surface area contributed by atoms with Gasteiger partial charge < -0.3 is 0 Å². The molecule has 0 amide bonds. The van der Waals surface area contributed by atoms with Gasteiger partial charge in [0.2, 0.25) is 0 Å². The Hall–Kier alpha value is -1.31. The third-order valence-corrected chi connectivity index (χ3v) is 2.41. The van der Waals surface area contributed by atoms with Gasteiger partial charge in [-0.1, -0.05) is 18.2 Å². The van der Waals surface area contributed by atoms with Crippen molar-refractivity contribution in [3.8, 4) is 0 Å². The van der Waals surface area contributed by atoms with E-state index in [1.165, 1.54) is 10.9 Å². The zero-order valence-electron chi connectivity index (χ0n) is 9.20. The molecule has 14 heavy (non-hydrogen) atoms. The topological polar surface area (TPSA) is 17.8 Å². The highest BCUT2D eigenvalue weighted by atomic mass is 15.3. The Morgan fingerprint density at radius 2 is 1.79 bits per heavy atom. The summed E-state index contributed by atoms with van der Waals surface area (Å²) in [5.74, 6) is 0. The van der Waals surface area contributed by atoms with Crippen LogP contribution in [0, 0.1) is 6.92 Å². The first-order valence-electron chi connectivity index (χ1n) is 4.95. The van der Waals surface area contributed by atoms with Crippen molar-refractivity contribution >= 4 is 10.9 Å². The lowest BCUT2D eigenvalue weighted by molar-refractivity contribution is 0.366. The molecule has 2 aromatic rings. The van der Waals surface area contributed by atoms with E-state index >= 15 is 0 Å². The first-order chi connectivity index (χ1) is 6.50.